The lowest BCUT2D eigenvalue weighted by Crippen LogP contribution is -2.17. The van der Waals surface area contributed by atoms with Crippen molar-refractivity contribution in [2.75, 3.05) is 12.3 Å². The first-order valence-electron chi connectivity index (χ1n) is 6.49. The minimum Gasteiger partial charge on any atom is -0.398 e. The van der Waals surface area contributed by atoms with E-state index in [9.17, 15) is 0 Å². The number of ether oxygens (including phenoxy) is 1. The number of aryl methyl sites for hydroxylation is 1. The molecule has 1 aromatic carbocycles. The first kappa shape index (κ1) is 12.1. The Morgan fingerprint density at radius 1 is 1.47 bits per heavy atom. The van der Waals surface area contributed by atoms with E-state index in [0.717, 1.165) is 36.3 Å². The zero-order valence-corrected chi connectivity index (χ0v) is 10.9. The van der Waals surface area contributed by atoms with Crippen LogP contribution in [-0.4, -0.2) is 32.9 Å². The minimum atomic E-state index is 0.202. The second kappa shape index (κ2) is 4.97. The van der Waals surface area contributed by atoms with Gasteiger partial charge in [0.1, 0.15) is 0 Å². The van der Waals surface area contributed by atoms with Gasteiger partial charge in [0, 0.05) is 17.9 Å². The van der Waals surface area contributed by atoms with Gasteiger partial charge in [0.2, 0.25) is 0 Å². The van der Waals surface area contributed by atoms with Crippen molar-refractivity contribution in [1.29, 1.82) is 0 Å². The van der Waals surface area contributed by atoms with Crippen LogP contribution in [-0.2, 0) is 11.3 Å². The number of hydrogen-bond donors (Lipinski definition) is 1. The monoisotopic (exact) mass is 259 g/mol. The molecule has 0 saturated carbocycles. The summed E-state index contributed by atoms with van der Waals surface area (Å²) >= 11 is 0. The van der Waals surface area contributed by atoms with Crippen LogP contribution >= 0.6 is 0 Å². The Balaban J connectivity index is 1.92. The van der Waals surface area contributed by atoms with E-state index in [4.69, 9.17) is 10.5 Å². The van der Waals surface area contributed by atoms with Crippen LogP contribution in [0.5, 0.6) is 0 Å². The van der Waals surface area contributed by atoms with Crippen molar-refractivity contribution in [3.63, 3.8) is 0 Å². The third-order valence-electron chi connectivity index (χ3n) is 3.50. The van der Waals surface area contributed by atoms with Gasteiger partial charge in [-0.2, -0.15) is 0 Å². The fraction of sp³-hybridized carbons (Fsp3) is 0.462. The number of benzene rings is 1. The second-order valence-electron chi connectivity index (χ2n) is 4.86. The zero-order chi connectivity index (χ0) is 13.2. The quantitative estimate of drug-likeness (QED) is 0.843. The molecule has 1 unspecified atom stereocenters. The van der Waals surface area contributed by atoms with Crippen molar-refractivity contribution >= 4 is 5.69 Å². The van der Waals surface area contributed by atoms with E-state index in [1.807, 2.05) is 25.1 Å². The van der Waals surface area contributed by atoms with Crippen LogP contribution in [0.2, 0.25) is 0 Å². The maximum atomic E-state index is 6.11. The van der Waals surface area contributed by atoms with Crippen LogP contribution in [0.15, 0.2) is 18.2 Å². The summed E-state index contributed by atoms with van der Waals surface area (Å²) in [5, 5.41) is 11.9. The van der Waals surface area contributed by atoms with Crippen LogP contribution < -0.4 is 5.73 Å². The minimum absolute atomic E-state index is 0.202. The van der Waals surface area contributed by atoms with Crippen molar-refractivity contribution in [3.05, 3.63) is 23.8 Å². The van der Waals surface area contributed by atoms with E-state index < -0.39 is 0 Å². The van der Waals surface area contributed by atoms with Crippen molar-refractivity contribution in [1.82, 2.24) is 20.2 Å². The van der Waals surface area contributed by atoms with E-state index in [0.29, 0.717) is 12.4 Å². The van der Waals surface area contributed by atoms with E-state index in [1.54, 1.807) is 4.68 Å². The van der Waals surface area contributed by atoms with Crippen molar-refractivity contribution < 1.29 is 4.74 Å². The molecule has 1 saturated heterocycles. The van der Waals surface area contributed by atoms with Crippen LogP contribution in [0.4, 0.5) is 5.69 Å². The summed E-state index contributed by atoms with van der Waals surface area (Å²) in [6.07, 6.45) is 2.37. The average Bonchev–Trinajstić information content (AvgIpc) is 3.05. The van der Waals surface area contributed by atoms with Gasteiger partial charge in [0.25, 0.3) is 0 Å². The number of anilines is 1. The van der Waals surface area contributed by atoms with Gasteiger partial charge in [-0.3, -0.25) is 0 Å². The van der Waals surface area contributed by atoms with Crippen LogP contribution in [0.25, 0.3) is 11.4 Å². The Bertz CT molecular complexity index is 574. The Morgan fingerprint density at radius 2 is 2.37 bits per heavy atom. The van der Waals surface area contributed by atoms with Gasteiger partial charge in [-0.05, 0) is 41.8 Å². The number of nitrogen functional groups attached to an aromatic ring is 1. The van der Waals surface area contributed by atoms with Gasteiger partial charge in [-0.25, -0.2) is 4.68 Å². The summed E-state index contributed by atoms with van der Waals surface area (Å²) in [6, 6.07) is 5.89. The molecule has 0 bridgehead atoms. The highest BCUT2D eigenvalue weighted by Crippen LogP contribution is 2.26. The maximum Gasteiger partial charge on any atom is 0.184 e. The molecule has 100 valence electrons. The average molecular weight is 259 g/mol. The maximum absolute atomic E-state index is 6.11. The Labute approximate surface area is 111 Å². The molecule has 0 aliphatic carbocycles. The normalized spacial score (nSPS) is 18.9. The highest BCUT2D eigenvalue weighted by atomic mass is 16.5. The zero-order valence-electron chi connectivity index (χ0n) is 10.9. The molecule has 0 spiro atoms. The first-order chi connectivity index (χ1) is 9.25. The molecule has 2 heterocycles. The fourth-order valence-corrected chi connectivity index (χ4v) is 2.38. The van der Waals surface area contributed by atoms with Crippen LogP contribution in [0, 0.1) is 6.92 Å². The third kappa shape index (κ3) is 2.31. The molecule has 0 amide bonds. The summed E-state index contributed by atoms with van der Waals surface area (Å²) in [5.41, 5.74) is 8.75. The molecule has 1 aliphatic heterocycles. The standard InChI is InChI=1S/C13H17N5O/c1-9-4-2-6-11(12(9)14)13-15-16-17-18(13)8-10-5-3-7-19-10/h2,4,6,10H,3,5,7-8,14H2,1H3. The van der Waals surface area contributed by atoms with E-state index in [-0.39, 0.29) is 6.10 Å². The highest BCUT2D eigenvalue weighted by Gasteiger charge is 2.20. The highest BCUT2D eigenvalue weighted by molar-refractivity contribution is 5.73. The number of nitrogens with zero attached hydrogens (tertiary/aromatic N) is 4. The van der Waals surface area contributed by atoms with E-state index in [1.165, 1.54) is 0 Å². The largest absolute Gasteiger partial charge is 0.398 e. The number of tetrazole rings is 1. The summed E-state index contributed by atoms with van der Waals surface area (Å²) in [6.45, 7) is 3.48. The lowest BCUT2D eigenvalue weighted by atomic mass is 10.1. The topological polar surface area (TPSA) is 78.8 Å². The number of hydrogen-bond acceptors (Lipinski definition) is 5. The molecular formula is C13H17N5O. The Hall–Kier alpha value is -1.95. The summed E-state index contributed by atoms with van der Waals surface area (Å²) in [7, 11) is 0. The fourth-order valence-electron chi connectivity index (χ4n) is 2.38. The molecule has 1 atom stereocenters. The lowest BCUT2D eigenvalue weighted by Gasteiger charge is -2.12. The molecule has 1 aromatic heterocycles. The predicted octanol–water partition coefficient (Wildman–Crippen LogP) is 1.41. The van der Waals surface area contributed by atoms with E-state index in [2.05, 4.69) is 15.5 Å². The molecule has 1 aliphatic rings. The van der Waals surface area contributed by atoms with Gasteiger partial charge in [-0.1, -0.05) is 12.1 Å². The summed E-state index contributed by atoms with van der Waals surface area (Å²) in [4.78, 5) is 0. The SMILES string of the molecule is Cc1cccc(-c2nnnn2CC2CCCO2)c1N. The Morgan fingerprint density at radius 3 is 3.16 bits per heavy atom. The molecule has 6 nitrogen and oxygen atoms in total. The lowest BCUT2D eigenvalue weighted by molar-refractivity contribution is 0.0939. The van der Waals surface area contributed by atoms with Gasteiger partial charge in [-0.15, -0.1) is 5.10 Å². The van der Waals surface area contributed by atoms with Crippen LogP contribution in [0.1, 0.15) is 18.4 Å². The third-order valence-corrected chi connectivity index (χ3v) is 3.50. The second-order valence-corrected chi connectivity index (χ2v) is 4.86. The molecule has 2 N–H and O–H groups in total. The number of nitrogens with two attached hydrogens (primary N) is 1. The smallest absolute Gasteiger partial charge is 0.184 e. The summed E-state index contributed by atoms with van der Waals surface area (Å²) < 4.78 is 7.40. The molecule has 3 rings (SSSR count). The van der Waals surface area contributed by atoms with Gasteiger partial charge in [0.15, 0.2) is 5.82 Å². The number of rotatable bonds is 3. The Kier molecular flexibility index (Phi) is 3.16. The van der Waals surface area contributed by atoms with Crippen molar-refractivity contribution in [3.8, 4) is 11.4 Å². The first-order valence-corrected chi connectivity index (χ1v) is 6.49. The van der Waals surface area contributed by atoms with Crippen molar-refractivity contribution in [2.45, 2.75) is 32.4 Å². The van der Waals surface area contributed by atoms with Crippen LogP contribution in [0.3, 0.4) is 0 Å². The van der Waals surface area contributed by atoms with Gasteiger partial charge >= 0.3 is 0 Å². The summed E-state index contributed by atoms with van der Waals surface area (Å²) in [5.74, 6) is 0.705. The van der Waals surface area contributed by atoms with E-state index >= 15 is 0 Å². The number of aromatic nitrogens is 4. The van der Waals surface area contributed by atoms with Crippen molar-refractivity contribution in [2.24, 2.45) is 0 Å². The molecule has 19 heavy (non-hydrogen) atoms. The van der Waals surface area contributed by atoms with Gasteiger partial charge in [0.05, 0.1) is 12.6 Å². The molecule has 2 aromatic rings. The predicted molar refractivity (Wildman–Crippen MR) is 71.4 cm³/mol. The van der Waals surface area contributed by atoms with Gasteiger partial charge < -0.3 is 10.5 Å². The molecule has 6 heteroatoms. The molecular weight excluding hydrogens is 242 g/mol. The number of para-hydroxylation sites is 1. The molecule has 1 fully saturated rings. The molecule has 0 radical (unpaired) electrons.